The predicted octanol–water partition coefficient (Wildman–Crippen LogP) is 3.16. The summed E-state index contributed by atoms with van der Waals surface area (Å²) in [6, 6.07) is 14.9. The minimum Gasteiger partial charge on any atom is -0.497 e. The van der Waals surface area contributed by atoms with Crippen LogP contribution in [-0.2, 0) is 16.6 Å². The van der Waals surface area contributed by atoms with Gasteiger partial charge < -0.3 is 19.5 Å². The Bertz CT molecular complexity index is 1080. The first-order chi connectivity index (χ1) is 15.1. The van der Waals surface area contributed by atoms with Gasteiger partial charge in [-0.15, -0.1) is 11.8 Å². The maximum Gasteiger partial charge on any atom is 0.237 e. The van der Waals surface area contributed by atoms with Crippen LogP contribution in [0.1, 0.15) is 23.9 Å². The predicted molar refractivity (Wildman–Crippen MR) is 120 cm³/mol. The van der Waals surface area contributed by atoms with Crippen molar-refractivity contribution in [1.82, 2.24) is 14.9 Å². The zero-order chi connectivity index (χ0) is 21.8. The van der Waals surface area contributed by atoms with Crippen LogP contribution in [0.25, 0.3) is 0 Å². The Morgan fingerprint density at radius 1 is 1.23 bits per heavy atom. The molecule has 0 aliphatic carbocycles. The maximum atomic E-state index is 12.9. The van der Waals surface area contributed by atoms with E-state index < -0.39 is 6.04 Å². The molecule has 1 N–H and O–H groups in total. The number of ether oxygens (including phenoxy) is 1. The van der Waals surface area contributed by atoms with Crippen molar-refractivity contribution >= 4 is 29.3 Å². The van der Waals surface area contributed by atoms with E-state index in [4.69, 9.17) is 4.74 Å². The van der Waals surface area contributed by atoms with Crippen molar-refractivity contribution in [2.45, 2.75) is 17.4 Å². The van der Waals surface area contributed by atoms with Crippen molar-refractivity contribution < 1.29 is 14.3 Å². The van der Waals surface area contributed by atoms with Gasteiger partial charge in [0.15, 0.2) is 0 Å². The Kier molecular flexibility index (Phi) is 6.27. The molecule has 2 amide bonds. The standard InChI is InChI=1S/C23H24N4O3S/c1-26-14-12-24-23(26)22(16-7-9-17(30-2)10-8-16)25-20(28)11-13-27-18-5-3-4-6-19(18)31-15-21(27)29/h3-10,12,14,22H,11,13,15H2,1-2H3,(H,25,28)/t22-/m1/s1. The van der Waals surface area contributed by atoms with Crippen LogP contribution in [0.5, 0.6) is 5.75 Å². The van der Waals surface area contributed by atoms with Gasteiger partial charge in [0.25, 0.3) is 0 Å². The van der Waals surface area contributed by atoms with Gasteiger partial charge in [-0.2, -0.15) is 0 Å². The number of para-hydroxylation sites is 1. The number of fused-ring (bicyclic) bond motifs is 1. The second-order valence-corrected chi connectivity index (χ2v) is 8.24. The molecule has 7 nitrogen and oxygen atoms in total. The van der Waals surface area contributed by atoms with E-state index in [2.05, 4.69) is 10.3 Å². The number of nitrogens with zero attached hydrogens (tertiary/aromatic N) is 3. The van der Waals surface area contributed by atoms with Crippen molar-refractivity contribution in [3.8, 4) is 5.75 Å². The minimum absolute atomic E-state index is 0.0207. The lowest BCUT2D eigenvalue weighted by Crippen LogP contribution is -2.39. The highest BCUT2D eigenvalue weighted by atomic mass is 32.2. The summed E-state index contributed by atoms with van der Waals surface area (Å²) >= 11 is 1.53. The molecule has 4 rings (SSSR count). The van der Waals surface area contributed by atoms with E-state index in [-0.39, 0.29) is 18.2 Å². The minimum atomic E-state index is -0.404. The van der Waals surface area contributed by atoms with Crippen LogP contribution in [0.15, 0.2) is 65.8 Å². The first kappa shape index (κ1) is 21.0. The van der Waals surface area contributed by atoms with E-state index in [1.54, 1.807) is 18.2 Å². The third-order valence-corrected chi connectivity index (χ3v) is 6.29. The topological polar surface area (TPSA) is 76.5 Å². The lowest BCUT2D eigenvalue weighted by Gasteiger charge is -2.29. The Labute approximate surface area is 185 Å². The molecular weight excluding hydrogens is 412 g/mol. The van der Waals surface area contributed by atoms with Crippen LogP contribution >= 0.6 is 11.8 Å². The molecule has 0 unspecified atom stereocenters. The Hall–Kier alpha value is -3.26. The fraction of sp³-hybridized carbons (Fsp3) is 0.261. The average Bonchev–Trinajstić information content (AvgIpc) is 3.22. The monoisotopic (exact) mass is 436 g/mol. The molecule has 2 heterocycles. The second-order valence-electron chi connectivity index (χ2n) is 7.22. The first-order valence-electron chi connectivity index (χ1n) is 9.99. The molecule has 1 aliphatic rings. The molecule has 0 spiro atoms. The number of hydrogen-bond acceptors (Lipinski definition) is 5. The van der Waals surface area contributed by atoms with Crippen molar-refractivity contribution in [1.29, 1.82) is 0 Å². The largest absolute Gasteiger partial charge is 0.497 e. The van der Waals surface area contributed by atoms with Crippen LogP contribution < -0.4 is 15.0 Å². The van der Waals surface area contributed by atoms with E-state index in [9.17, 15) is 9.59 Å². The number of hydrogen-bond donors (Lipinski definition) is 1. The van der Waals surface area contributed by atoms with Crippen molar-refractivity contribution in [2.75, 3.05) is 24.3 Å². The number of imidazole rings is 1. The number of thioether (sulfide) groups is 1. The number of carbonyl (C=O) groups excluding carboxylic acids is 2. The number of benzene rings is 2. The number of nitrogens with one attached hydrogen (secondary N) is 1. The lowest BCUT2D eigenvalue weighted by atomic mass is 10.1. The van der Waals surface area contributed by atoms with Gasteiger partial charge in [0, 0.05) is 37.3 Å². The molecule has 31 heavy (non-hydrogen) atoms. The van der Waals surface area contributed by atoms with Crippen LogP contribution in [0.2, 0.25) is 0 Å². The fourth-order valence-corrected chi connectivity index (χ4v) is 4.53. The van der Waals surface area contributed by atoms with E-state index in [1.807, 2.05) is 66.3 Å². The third kappa shape index (κ3) is 4.59. The molecule has 0 fully saturated rings. The van der Waals surface area contributed by atoms with Gasteiger partial charge in [-0.05, 0) is 29.8 Å². The number of anilines is 1. The van der Waals surface area contributed by atoms with Crippen LogP contribution in [-0.4, -0.2) is 40.8 Å². The van der Waals surface area contributed by atoms with E-state index in [0.29, 0.717) is 12.3 Å². The summed E-state index contributed by atoms with van der Waals surface area (Å²) in [5.74, 6) is 1.74. The van der Waals surface area contributed by atoms with Crippen molar-refractivity contribution in [3.05, 3.63) is 72.3 Å². The maximum absolute atomic E-state index is 12.9. The summed E-state index contributed by atoms with van der Waals surface area (Å²) in [6.45, 7) is 0.331. The molecule has 0 saturated carbocycles. The van der Waals surface area contributed by atoms with Crippen molar-refractivity contribution in [3.63, 3.8) is 0 Å². The van der Waals surface area contributed by atoms with Gasteiger partial charge in [-0.25, -0.2) is 4.98 Å². The Morgan fingerprint density at radius 2 is 2.00 bits per heavy atom. The van der Waals surface area contributed by atoms with E-state index in [0.717, 1.165) is 27.7 Å². The molecule has 8 heteroatoms. The fourth-order valence-electron chi connectivity index (χ4n) is 3.59. The van der Waals surface area contributed by atoms with Gasteiger partial charge in [0.1, 0.15) is 17.6 Å². The zero-order valence-electron chi connectivity index (χ0n) is 17.4. The first-order valence-corrected chi connectivity index (χ1v) is 11.0. The summed E-state index contributed by atoms with van der Waals surface area (Å²) in [6.07, 6.45) is 3.75. The van der Waals surface area contributed by atoms with E-state index in [1.165, 1.54) is 11.8 Å². The van der Waals surface area contributed by atoms with Gasteiger partial charge in [-0.1, -0.05) is 24.3 Å². The number of aromatic nitrogens is 2. The molecule has 0 radical (unpaired) electrons. The SMILES string of the molecule is COc1ccc([C@@H](NC(=O)CCN2C(=O)CSc3ccccc32)c2nccn2C)cc1. The summed E-state index contributed by atoms with van der Waals surface area (Å²) in [5, 5.41) is 3.09. The van der Waals surface area contributed by atoms with Gasteiger partial charge in [-0.3, -0.25) is 9.59 Å². The summed E-state index contributed by atoms with van der Waals surface area (Å²) in [7, 11) is 3.51. The molecule has 1 aromatic heterocycles. The molecule has 160 valence electrons. The number of rotatable bonds is 7. The van der Waals surface area contributed by atoms with Gasteiger partial charge in [0.05, 0.1) is 18.6 Å². The van der Waals surface area contributed by atoms with Crippen LogP contribution in [0.4, 0.5) is 5.69 Å². The average molecular weight is 437 g/mol. The third-order valence-electron chi connectivity index (χ3n) is 5.24. The Balaban J connectivity index is 1.49. The quantitative estimate of drug-likeness (QED) is 0.616. The highest BCUT2D eigenvalue weighted by Crippen LogP contribution is 2.35. The molecule has 0 bridgehead atoms. The smallest absolute Gasteiger partial charge is 0.237 e. The zero-order valence-corrected chi connectivity index (χ0v) is 18.3. The molecule has 1 aliphatic heterocycles. The van der Waals surface area contributed by atoms with Gasteiger partial charge in [0.2, 0.25) is 11.8 Å². The Morgan fingerprint density at radius 3 is 2.71 bits per heavy atom. The highest BCUT2D eigenvalue weighted by molar-refractivity contribution is 8.00. The number of carbonyl (C=O) groups is 2. The molecular formula is C23H24N4O3S. The molecule has 1 atom stereocenters. The lowest BCUT2D eigenvalue weighted by molar-refractivity contribution is -0.121. The summed E-state index contributed by atoms with van der Waals surface area (Å²) in [5.41, 5.74) is 1.77. The van der Waals surface area contributed by atoms with Crippen LogP contribution in [0.3, 0.4) is 0 Å². The molecule has 0 saturated heterocycles. The van der Waals surface area contributed by atoms with Crippen molar-refractivity contribution in [2.24, 2.45) is 7.05 Å². The van der Waals surface area contributed by atoms with Gasteiger partial charge >= 0.3 is 0 Å². The normalized spacial score (nSPS) is 14.1. The number of amides is 2. The molecule has 3 aromatic rings. The summed E-state index contributed by atoms with van der Waals surface area (Å²) < 4.78 is 7.13. The number of methoxy groups -OCH3 is 1. The molecule has 2 aromatic carbocycles. The van der Waals surface area contributed by atoms with E-state index >= 15 is 0 Å². The van der Waals surface area contributed by atoms with Crippen LogP contribution in [0, 0.1) is 0 Å². The summed E-state index contributed by atoms with van der Waals surface area (Å²) in [4.78, 5) is 32.5. The second kappa shape index (κ2) is 9.26. The highest BCUT2D eigenvalue weighted by Gasteiger charge is 2.26. The number of aryl methyl sites for hydroxylation is 1.